The monoisotopic (exact) mass is 443 g/mol. The Labute approximate surface area is 196 Å². The van der Waals surface area contributed by atoms with Crippen molar-refractivity contribution in [3.63, 3.8) is 0 Å². The topological polar surface area (TPSA) is 67.0 Å². The van der Waals surface area contributed by atoms with E-state index in [0.29, 0.717) is 25.5 Å². The second kappa shape index (κ2) is 11.6. The third-order valence-electron chi connectivity index (χ3n) is 5.97. The van der Waals surface area contributed by atoms with Crippen LogP contribution in [0.5, 0.6) is 0 Å². The van der Waals surface area contributed by atoms with E-state index in [0.717, 1.165) is 49.6 Å². The Morgan fingerprint density at radius 3 is 2.61 bits per heavy atom. The number of nitrogens with two attached hydrogens (primary N) is 1. The molecule has 0 spiro atoms. The summed E-state index contributed by atoms with van der Waals surface area (Å²) in [4.78, 5) is 14.2. The molecule has 1 aliphatic heterocycles. The van der Waals surface area contributed by atoms with Gasteiger partial charge in [0.05, 0.1) is 31.1 Å². The molecule has 33 heavy (non-hydrogen) atoms. The summed E-state index contributed by atoms with van der Waals surface area (Å²) in [6.45, 7) is 9.13. The summed E-state index contributed by atoms with van der Waals surface area (Å²) in [6.07, 6.45) is 3.57. The lowest BCUT2D eigenvalue weighted by atomic mass is 10.1. The van der Waals surface area contributed by atoms with Gasteiger partial charge in [0, 0.05) is 37.8 Å². The Balaban J connectivity index is 1.40. The molecule has 0 bridgehead atoms. The molecule has 2 N–H and O–H groups in total. The maximum atomic E-state index is 6.39. The van der Waals surface area contributed by atoms with Crippen molar-refractivity contribution in [2.75, 3.05) is 50.8 Å². The average molecular weight is 444 g/mol. The van der Waals surface area contributed by atoms with E-state index in [9.17, 15) is 0 Å². The molecule has 6 nitrogen and oxygen atoms in total. The molecule has 0 saturated carbocycles. The minimum atomic E-state index is 0.571. The number of rotatable bonds is 9. The van der Waals surface area contributed by atoms with Crippen LogP contribution in [0.15, 0.2) is 71.7 Å². The van der Waals surface area contributed by atoms with Gasteiger partial charge in [-0.15, -0.1) is 0 Å². The molecule has 1 saturated heterocycles. The number of benzene rings is 2. The van der Waals surface area contributed by atoms with Crippen LogP contribution in [0.25, 0.3) is 16.5 Å². The van der Waals surface area contributed by atoms with Crippen LogP contribution in [-0.4, -0.2) is 62.0 Å². The molecule has 0 atom stereocenters. The Hall–Kier alpha value is -3.22. The number of nitrogens with zero attached hydrogens (tertiary/aromatic N) is 4. The fraction of sp³-hybridized carbons (Fsp3) is 0.333. The molecule has 2 heterocycles. The second-order valence-corrected chi connectivity index (χ2v) is 8.19. The van der Waals surface area contributed by atoms with Crippen LogP contribution in [-0.2, 0) is 11.3 Å². The van der Waals surface area contributed by atoms with Crippen molar-refractivity contribution >= 4 is 28.5 Å². The maximum Gasteiger partial charge on any atom is 0.137 e. The second-order valence-electron chi connectivity index (χ2n) is 8.19. The van der Waals surface area contributed by atoms with Gasteiger partial charge >= 0.3 is 0 Å². The molecule has 6 heteroatoms. The lowest BCUT2D eigenvalue weighted by molar-refractivity contribution is 0.128. The first-order valence-corrected chi connectivity index (χ1v) is 11.7. The van der Waals surface area contributed by atoms with Crippen LogP contribution in [0.3, 0.4) is 0 Å². The molecular weight excluding hydrogens is 410 g/mol. The highest BCUT2D eigenvalue weighted by atomic mass is 16.5. The van der Waals surface area contributed by atoms with E-state index in [1.807, 2.05) is 24.3 Å². The predicted molar refractivity (Wildman–Crippen MR) is 138 cm³/mol. The molecule has 2 aromatic carbocycles. The van der Waals surface area contributed by atoms with E-state index in [-0.39, 0.29) is 0 Å². The van der Waals surface area contributed by atoms with Crippen molar-refractivity contribution in [3.05, 3.63) is 78.0 Å². The molecule has 0 aliphatic carbocycles. The molecule has 0 amide bonds. The molecule has 172 valence electrons. The van der Waals surface area contributed by atoms with Gasteiger partial charge in [0.2, 0.25) is 0 Å². The Kier molecular flexibility index (Phi) is 8.06. The fourth-order valence-electron chi connectivity index (χ4n) is 4.02. The van der Waals surface area contributed by atoms with Crippen molar-refractivity contribution in [1.82, 2.24) is 9.88 Å². The van der Waals surface area contributed by atoms with Crippen LogP contribution in [0.2, 0.25) is 0 Å². The number of aromatic nitrogens is 1. The number of pyridine rings is 1. The number of fused-ring (bicyclic) bond motifs is 1. The highest BCUT2D eigenvalue weighted by Gasteiger charge is 2.19. The van der Waals surface area contributed by atoms with E-state index in [2.05, 4.69) is 64.2 Å². The van der Waals surface area contributed by atoms with Crippen LogP contribution < -0.4 is 10.6 Å². The zero-order valence-electron chi connectivity index (χ0n) is 19.4. The number of piperazine rings is 1. The first-order chi connectivity index (χ1) is 16.2. The first kappa shape index (κ1) is 23.0. The minimum Gasteiger partial charge on any atom is -0.397 e. The Bertz CT molecular complexity index is 1090. The maximum absolute atomic E-state index is 6.39. The largest absolute Gasteiger partial charge is 0.397 e. The van der Waals surface area contributed by atoms with Gasteiger partial charge in [0.15, 0.2) is 0 Å². The van der Waals surface area contributed by atoms with Crippen molar-refractivity contribution in [3.8, 4) is 0 Å². The number of aliphatic imine (C=N–C) groups is 1. The van der Waals surface area contributed by atoms with Gasteiger partial charge in [-0.05, 0) is 29.6 Å². The Morgan fingerprint density at radius 2 is 1.82 bits per heavy atom. The summed E-state index contributed by atoms with van der Waals surface area (Å²) in [5.41, 5.74) is 8.96. The molecular formula is C27H33N5O. The number of hydrogen-bond donors (Lipinski definition) is 1. The van der Waals surface area contributed by atoms with Crippen LogP contribution in [0, 0.1) is 0 Å². The number of ether oxygens (including phenoxy) is 1. The molecule has 1 aromatic heterocycles. The van der Waals surface area contributed by atoms with E-state index >= 15 is 0 Å². The predicted octanol–water partition coefficient (Wildman–Crippen LogP) is 3.96. The van der Waals surface area contributed by atoms with Gasteiger partial charge in [-0.1, -0.05) is 61.5 Å². The summed E-state index contributed by atoms with van der Waals surface area (Å²) in [5.74, 6) is 1.02. The third-order valence-corrected chi connectivity index (χ3v) is 5.97. The smallest absolute Gasteiger partial charge is 0.137 e. The van der Waals surface area contributed by atoms with Crippen molar-refractivity contribution in [2.24, 2.45) is 10.7 Å². The van der Waals surface area contributed by atoms with Crippen molar-refractivity contribution in [1.29, 1.82) is 0 Å². The van der Waals surface area contributed by atoms with E-state index in [4.69, 9.17) is 15.5 Å². The fourth-order valence-corrected chi connectivity index (χ4v) is 4.02. The minimum absolute atomic E-state index is 0.571. The van der Waals surface area contributed by atoms with Gasteiger partial charge < -0.3 is 20.3 Å². The normalized spacial score (nSPS) is 15.5. The highest BCUT2D eigenvalue weighted by molar-refractivity contribution is 5.95. The lowest BCUT2D eigenvalue weighted by Crippen LogP contribution is -2.46. The number of allylic oxidation sites excluding steroid dienone is 1. The molecule has 4 rings (SSSR count). The summed E-state index contributed by atoms with van der Waals surface area (Å²) >= 11 is 0. The van der Waals surface area contributed by atoms with Crippen molar-refractivity contribution in [2.45, 2.75) is 13.5 Å². The number of anilines is 1. The zero-order valence-corrected chi connectivity index (χ0v) is 19.4. The van der Waals surface area contributed by atoms with Gasteiger partial charge in [0.1, 0.15) is 5.82 Å². The van der Waals surface area contributed by atoms with Crippen molar-refractivity contribution < 1.29 is 4.74 Å². The average Bonchev–Trinajstić information content (AvgIpc) is 2.88. The molecule has 3 aromatic rings. The lowest BCUT2D eigenvalue weighted by Gasteiger charge is -2.35. The molecule has 1 aliphatic rings. The Morgan fingerprint density at radius 1 is 1.06 bits per heavy atom. The van der Waals surface area contributed by atoms with E-state index in [1.54, 1.807) is 6.21 Å². The number of hydrogen-bond acceptors (Lipinski definition) is 6. The zero-order chi connectivity index (χ0) is 22.9. The first-order valence-electron chi connectivity index (χ1n) is 11.7. The van der Waals surface area contributed by atoms with Gasteiger partial charge in [-0.25, -0.2) is 4.98 Å². The molecule has 0 radical (unpaired) electrons. The SMILES string of the molecule is CCN1CCN(c2nc(C(N)=CC=NCCOCc3ccccc3)cc3ccccc23)CC1. The van der Waals surface area contributed by atoms with Gasteiger partial charge in [-0.2, -0.15) is 0 Å². The number of likely N-dealkylation sites (N-methyl/N-ethyl adjacent to an activating group) is 1. The summed E-state index contributed by atoms with van der Waals surface area (Å²) in [5, 5.41) is 2.32. The summed E-state index contributed by atoms with van der Waals surface area (Å²) in [7, 11) is 0. The van der Waals surface area contributed by atoms with Gasteiger partial charge in [0.25, 0.3) is 0 Å². The molecule has 0 unspecified atom stereocenters. The van der Waals surface area contributed by atoms with Crippen LogP contribution in [0.4, 0.5) is 5.82 Å². The third kappa shape index (κ3) is 6.18. The van der Waals surface area contributed by atoms with E-state index < -0.39 is 0 Å². The summed E-state index contributed by atoms with van der Waals surface area (Å²) < 4.78 is 5.67. The van der Waals surface area contributed by atoms with Crippen LogP contribution >= 0.6 is 0 Å². The standard InChI is InChI=1S/C27H33N5O/c1-2-31-15-17-32(18-16-31)27-24-11-7-6-10-23(24)20-26(30-27)25(28)12-13-29-14-19-33-21-22-8-4-3-5-9-22/h3-13,20H,2,14-19,21,28H2,1H3. The van der Waals surface area contributed by atoms with Crippen LogP contribution in [0.1, 0.15) is 18.2 Å². The quantitative estimate of drug-likeness (QED) is 0.400. The highest BCUT2D eigenvalue weighted by Crippen LogP contribution is 2.28. The summed E-state index contributed by atoms with van der Waals surface area (Å²) in [6, 6.07) is 20.6. The van der Waals surface area contributed by atoms with Gasteiger partial charge in [-0.3, -0.25) is 4.99 Å². The van der Waals surface area contributed by atoms with E-state index in [1.165, 1.54) is 10.9 Å². The molecule has 1 fully saturated rings.